The maximum Gasteiger partial charge on any atom is 0.0651 e. The van der Waals surface area contributed by atoms with Gasteiger partial charge in [0.1, 0.15) is 0 Å². The van der Waals surface area contributed by atoms with Crippen LogP contribution in [0.5, 0.6) is 0 Å². The summed E-state index contributed by atoms with van der Waals surface area (Å²) in [6.45, 7) is 4.18. The molecule has 0 radical (unpaired) electrons. The van der Waals surface area contributed by atoms with E-state index in [1.54, 1.807) is 0 Å². The molecule has 0 aliphatic carbocycles. The largest absolute Gasteiger partial charge is 0.240 e. The second-order valence-electron chi connectivity index (χ2n) is 5.00. The van der Waals surface area contributed by atoms with Gasteiger partial charge in [0, 0.05) is 22.3 Å². The zero-order chi connectivity index (χ0) is 14.1. The van der Waals surface area contributed by atoms with Crippen molar-refractivity contribution in [3.8, 4) is 16.8 Å². The standard InChI is InChI=1S/C17H15ClN2/c1-12-7-13(2)9-15(8-12)20-11-14(10-19-20)16-5-3-4-6-17(16)18/h3-11H,1-2H3. The molecule has 0 atom stereocenters. The molecule has 1 aromatic heterocycles. The topological polar surface area (TPSA) is 17.8 Å². The first-order valence-electron chi connectivity index (χ1n) is 6.52. The van der Waals surface area contributed by atoms with Gasteiger partial charge in [-0.2, -0.15) is 5.10 Å². The van der Waals surface area contributed by atoms with Crippen LogP contribution in [0.25, 0.3) is 16.8 Å². The SMILES string of the molecule is Cc1cc(C)cc(-n2cc(-c3ccccc3Cl)cn2)c1. The minimum absolute atomic E-state index is 0.743. The Bertz CT molecular complexity index is 739. The van der Waals surface area contributed by atoms with Gasteiger partial charge in [0.25, 0.3) is 0 Å². The van der Waals surface area contributed by atoms with E-state index in [0.717, 1.165) is 21.8 Å². The monoisotopic (exact) mass is 282 g/mol. The van der Waals surface area contributed by atoms with E-state index >= 15 is 0 Å². The number of hydrogen-bond acceptors (Lipinski definition) is 1. The third-order valence-corrected chi connectivity index (χ3v) is 3.57. The Morgan fingerprint density at radius 3 is 2.40 bits per heavy atom. The smallest absolute Gasteiger partial charge is 0.0651 e. The van der Waals surface area contributed by atoms with Gasteiger partial charge in [0.05, 0.1) is 11.9 Å². The molecule has 0 N–H and O–H groups in total. The van der Waals surface area contributed by atoms with Crippen molar-refractivity contribution in [3.63, 3.8) is 0 Å². The molecule has 3 rings (SSSR count). The van der Waals surface area contributed by atoms with Crippen molar-refractivity contribution in [2.45, 2.75) is 13.8 Å². The van der Waals surface area contributed by atoms with Crippen LogP contribution in [0, 0.1) is 13.8 Å². The third kappa shape index (κ3) is 2.47. The molecule has 100 valence electrons. The van der Waals surface area contributed by atoms with Crippen LogP contribution in [-0.2, 0) is 0 Å². The predicted octanol–water partition coefficient (Wildman–Crippen LogP) is 4.81. The molecule has 0 spiro atoms. The fourth-order valence-electron chi connectivity index (χ4n) is 2.38. The number of aryl methyl sites for hydroxylation is 2. The number of aromatic nitrogens is 2. The van der Waals surface area contributed by atoms with Gasteiger partial charge in [0.2, 0.25) is 0 Å². The van der Waals surface area contributed by atoms with Crippen LogP contribution in [0.3, 0.4) is 0 Å². The van der Waals surface area contributed by atoms with Gasteiger partial charge < -0.3 is 0 Å². The molecule has 2 nitrogen and oxygen atoms in total. The molecule has 0 amide bonds. The molecule has 0 fully saturated rings. The van der Waals surface area contributed by atoms with Gasteiger partial charge in [-0.1, -0.05) is 35.9 Å². The van der Waals surface area contributed by atoms with Gasteiger partial charge in [-0.3, -0.25) is 0 Å². The fraction of sp³-hybridized carbons (Fsp3) is 0.118. The lowest BCUT2D eigenvalue weighted by Gasteiger charge is -2.05. The molecule has 3 aromatic rings. The first-order chi connectivity index (χ1) is 9.63. The zero-order valence-electron chi connectivity index (χ0n) is 11.5. The van der Waals surface area contributed by atoms with E-state index in [0.29, 0.717) is 0 Å². The van der Waals surface area contributed by atoms with E-state index < -0.39 is 0 Å². The van der Waals surface area contributed by atoms with E-state index in [9.17, 15) is 0 Å². The summed E-state index contributed by atoms with van der Waals surface area (Å²) >= 11 is 6.23. The van der Waals surface area contributed by atoms with Crippen molar-refractivity contribution in [3.05, 3.63) is 71.0 Å². The average Bonchev–Trinajstić information content (AvgIpc) is 2.87. The van der Waals surface area contributed by atoms with Gasteiger partial charge in [-0.25, -0.2) is 4.68 Å². The van der Waals surface area contributed by atoms with E-state index in [2.05, 4.69) is 37.1 Å². The van der Waals surface area contributed by atoms with E-state index in [4.69, 9.17) is 11.6 Å². The summed E-state index contributed by atoms with van der Waals surface area (Å²) in [6.07, 6.45) is 3.86. The lowest BCUT2D eigenvalue weighted by Crippen LogP contribution is -1.95. The summed E-state index contributed by atoms with van der Waals surface area (Å²) in [7, 11) is 0. The molecule has 20 heavy (non-hydrogen) atoms. The highest BCUT2D eigenvalue weighted by molar-refractivity contribution is 6.33. The minimum atomic E-state index is 0.743. The summed E-state index contributed by atoms with van der Waals surface area (Å²) in [5.41, 5.74) is 5.56. The van der Waals surface area contributed by atoms with Gasteiger partial charge in [-0.15, -0.1) is 0 Å². The summed E-state index contributed by atoms with van der Waals surface area (Å²) in [5, 5.41) is 5.19. The van der Waals surface area contributed by atoms with Crippen molar-refractivity contribution < 1.29 is 0 Å². The maximum atomic E-state index is 6.23. The summed E-state index contributed by atoms with van der Waals surface area (Å²) in [6, 6.07) is 14.2. The highest BCUT2D eigenvalue weighted by Gasteiger charge is 2.07. The van der Waals surface area contributed by atoms with Crippen LogP contribution < -0.4 is 0 Å². The predicted molar refractivity (Wildman–Crippen MR) is 83.5 cm³/mol. The van der Waals surface area contributed by atoms with Crippen LogP contribution in [0.1, 0.15) is 11.1 Å². The first-order valence-corrected chi connectivity index (χ1v) is 6.89. The minimum Gasteiger partial charge on any atom is -0.240 e. The molecule has 2 aromatic carbocycles. The zero-order valence-corrected chi connectivity index (χ0v) is 12.2. The molecule has 0 aliphatic heterocycles. The van der Waals surface area contributed by atoms with E-state index in [1.165, 1.54) is 11.1 Å². The summed E-state index contributed by atoms with van der Waals surface area (Å²) < 4.78 is 1.89. The molecule has 0 aliphatic rings. The van der Waals surface area contributed by atoms with Crippen LogP contribution in [0.15, 0.2) is 54.9 Å². The van der Waals surface area contributed by atoms with Crippen molar-refractivity contribution in [2.24, 2.45) is 0 Å². The molecule has 0 saturated heterocycles. The molecular formula is C17H15ClN2. The second kappa shape index (κ2) is 5.14. The summed E-state index contributed by atoms with van der Waals surface area (Å²) in [4.78, 5) is 0. The Labute approximate surface area is 123 Å². The highest BCUT2D eigenvalue weighted by Crippen LogP contribution is 2.27. The van der Waals surface area contributed by atoms with Crippen molar-refractivity contribution >= 4 is 11.6 Å². The molecule has 1 heterocycles. The molecule has 0 bridgehead atoms. The number of rotatable bonds is 2. The van der Waals surface area contributed by atoms with Crippen LogP contribution in [0.4, 0.5) is 0 Å². The Hall–Kier alpha value is -2.06. The van der Waals surface area contributed by atoms with Crippen LogP contribution in [-0.4, -0.2) is 9.78 Å². The van der Waals surface area contributed by atoms with Gasteiger partial charge >= 0.3 is 0 Å². The number of benzene rings is 2. The van der Waals surface area contributed by atoms with Crippen LogP contribution in [0.2, 0.25) is 5.02 Å². The van der Waals surface area contributed by atoms with Crippen molar-refractivity contribution in [1.82, 2.24) is 9.78 Å². The second-order valence-corrected chi connectivity index (χ2v) is 5.41. The highest BCUT2D eigenvalue weighted by atomic mass is 35.5. The fourth-order valence-corrected chi connectivity index (χ4v) is 2.63. The first kappa shape index (κ1) is 12.9. The third-order valence-electron chi connectivity index (χ3n) is 3.24. The average molecular weight is 283 g/mol. The lowest BCUT2D eigenvalue weighted by atomic mass is 10.1. The number of hydrogen-bond donors (Lipinski definition) is 0. The van der Waals surface area contributed by atoms with Crippen molar-refractivity contribution in [1.29, 1.82) is 0 Å². The quantitative estimate of drug-likeness (QED) is 0.659. The molecule has 0 saturated carbocycles. The van der Waals surface area contributed by atoms with Gasteiger partial charge in [0.15, 0.2) is 0 Å². The number of nitrogens with zero attached hydrogens (tertiary/aromatic N) is 2. The molecule has 0 unspecified atom stereocenters. The lowest BCUT2D eigenvalue weighted by molar-refractivity contribution is 0.878. The number of halogens is 1. The summed E-state index contributed by atoms with van der Waals surface area (Å²) in [5.74, 6) is 0. The Morgan fingerprint density at radius 1 is 1.00 bits per heavy atom. The van der Waals surface area contributed by atoms with Crippen molar-refractivity contribution in [2.75, 3.05) is 0 Å². The maximum absolute atomic E-state index is 6.23. The van der Waals surface area contributed by atoms with Crippen LogP contribution >= 0.6 is 11.6 Å². The Morgan fingerprint density at radius 2 is 1.70 bits per heavy atom. The molecule has 3 heteroatoms. The molecular weight excluding hydrogens is 268 g/mol. The van der Waals surface area contributed by atoms with E-state index in [-0.39, 0.29) is 0 Å². The Balaban J connectivity index is 2.04. The normalized spacial score (nSPS) is 10.8. The van der Waals surface area contributed by atoms with Gasteiger partial charge in [-0.05, 0) is 43.2 Å². The Kier molecular flexibility index (Phi) is 3.33. The van der Waals surface area contributed by atoms with E-state index in [1.807, 2.05) is 41.3 Å².